The third-order valence-corrected chi connectivity index (χ3v) is 6.59. The topological polar surface area (TPSA) is 118 Å². The smallest absolute Gasteiger partial charge is 0.369 e. The van der Waals surface area contributed by atoms with E-state index in [4.69, 9.17) is 9.47 Å². The minimum Gasteiger partial charge on any atom is -0.475 e. The van der Waals surface area contributed by atoms with Crippen LogP contribution in [0.1, 0.15) is 57.3 Å². The predicted molar refractivity (Wildman–Crippen MR) is 123 cm³/mol. The molecule has 0 aromatic carbocycles. The van der Waals surface area contributed by atoms with Crippen LogP contribution in [0.15, 0.2) is 18.6 Å². The van der Waals surface area contributed by atoms with Gasteiger partial charge < -0.3 is 20.2 Å². The summed E-state index contributed by atoms with van der Waals surface area (Å²) in [6, 6.07) is -0.486. The maximum absolute atomic E-state index is 12.6. The van der Waals surface area contributed by atoms with Crippen molar-refractivity contribution in [3.8, 4) is 5.88 Å². The van der Waals surface area contributed by atoms with E-state index >= 15 is 0 Å². The summed E-state index contributed by atoms with van der Waals surface area (Å²) in [5.41, 5.74) is 6.77. The van der Waals surface area contributed by atoms with Crippen LogP contribution in [-0.4, -0.2) is 68.2 Å². The highest BCUT2D eigenvalue weighted by Crippen LogP contribution is 2.31. The van der Waals surface area contributed by atoms with Gasteiger partial charge in [0.2, 0.25) is 6.23 Å². The summed E-state index contributed by atoms with van der Waals surface area (Å²) in [6.45, 7) is 6.39. The van der Waals surface area contributed by atoms with Crippen molar-refractivity contribution in [2.24, 2.45) is 0 Å². The first-order chi connectivity index (χ1) is 15.4. The highest BCUT2D eigenvalue weighted by atomic mass is 32.1. The number of unbranched alkanes of at least 4 members (excludes halogenated alkanes) is 3. The molecule has 3 rings (SSSR count). The van der Waals surface area contributed by atoms with Gasteiger partial charge in [-0.1, -0.05) is 32.3 Å². The Kier molecular flexibility index (Phi) is 8.77. The number of nitrogens with one attached hydrogen (secondary N) is 1. The quantitative estimate of drug-likeness (QED) is 0.282. The monoisotopic (exact) mass is 464 g/mol. The molecule has 0 amide bonds. The van der Waals surface area contributed by atoms with Gasteiger partial charge in [0.05, 0.1) is 44.7 Å². The average molecular weight is 465 g/mol. The standard InChI is InChI=1S/C22H35N6O3S/c1-4-5-6-7-11-30-21-20(26-32-27-21)17-9-8-10-28(3,14-17)16(2)31-22(29)19(23)12-18-13-24-15-25-18/h9,13,15-16,19H,4-8,10-12,14,23H2,1-3H3,(H,24,25)/q+1/p+1/t16?,19-,28?/m0/s1. The number of esters is 1. The molecule has 0 saturated carbocycles. The Hall–Kier alpha value is -2.30. The Morgan fingerprint density at radius 3 is 2.94 bits per heavy atom. The van der Waals surface area contributed by atoms with Gasteiger partial charge >= 0.3 is 5.97 Å². The van der Waals surface area contributed by atoms with Crippen LogP contribution in [0.3, 0.4) is 0 Å². The lowest BCUT2D eigenvalue weighted by Crippen LogP contribution is -2.67. The molecule has 32 heavy (non-hydrogen) atoms. The van der Waals surface area contributed by atoms with Gasteiger partial charge in [0, 0.05) is 30.8 Å². The van der Waals surface area contributed by atoms with E-state index in [1.165, 1.54) is 24.6 Å². The molecule has 0 saturated heterocycles. The van der Waals surface area contributed by atoms with E-state index in [0.29, 0.717) is 29.9 Å². The zero-order chi connectivity index (χ0) is 23.0. The van der Waals surface area contributed by atoms with E-state index in [9.17, 15) is 4.79 Å². The van der Waals surface area contributed by atoms with Crippen LogP contribution in [0.5, 0.6) is 5.88 Å². The van der Waals surface area contributed by atoms with E-state index in [2.05, 4.69) is 44.5 Å². The molecule has 1 aliphatic rings. The van der Waals surface area contributed by atoms with Gasteiger partial charge in [-0.2, -0.15) is 4.37 Å². The fourth-order valence-corrected chi connectivity index (χ4v) is 4.39. The third kappa shape index (κ3) is 6.36. The van der Waals surface area contributed by atoms with E-state index in [0.717, 1.165) is 42.8 Å². The lowest BCUT2D eigenvalue weighted by atomic mass is 10.0. The number of carbonyl (C=O) groups is 1. The zero-order valence-corrected chi connectivity index (χ0v) is 20.2. The highest BCUT2D eigenvalue weighted by molar-refractivity contribution is 6.99. The normalized spacial score (nSPS) is 20.4. The van der Waals surface area contributed by atoms with Crippen molar-refractivity contribution < 1.29 is 24.5 Å². The maximum atomic E-state index is 12.6. The maximum Gasteiger partial charge on any atom is 0.369 e. The van der Waals surface area contributed by atoms with Crippen molar-refractivity contribution in [3.63, 3.8) is 0 Å². The number of nitrogens with zero attached hydrogens (tertiary/aromatic N) is 4. The SMILES string of the molecule is CCCCCCOc1nsnc1C1=CCC[N+](C)(C(C)OC(=O)[C@@H]([NH3+])Cc2cnc[nH]2)C1. The number of aromatic amines is 1. The third-order valence-electron chi connectivity index (χ3n) is 6.08. The number of imidazole rings is 1. The molecule has 2 aromatic heterocycles. The lowest BCUT2D eigenvalue weighted by molar-refractivity contribution is -0.944. The Morgan fingerprint density at radius 2 is 2.19 bits per heavy atom. The second-order valence-electron chi connectivity index (χ2n) is 8.72. The van der Waals surface area contributed by atoms with Gasteiger partial charge in [-0.15, -0.1) is 4.37 Å². The van der Waals surface area contributed by atoms with E-state index in [1.54, 1.807) is 12.5 Å². The average Bonchev–Trinajstić information content (AvgIpc) is 3.45. The van der Waals surface area contributed by atoms with E-state index in [1.807, 2.05) is 6.92 Å². The molecule has 0 aliphatic carbocycles. The summed E-state index contributed by atoms with van der Waals surface area (Å²) < 4.78 is 21.2. The first-order valence-corrected chi connectivity index (χ1v) is 12.2. The van der Waals surface area contributed by atoms with Crippen LogP contribution in [0, 0.1) is 0 Å². The molecule has 2 unspecified atom stereocenters. The van der Waals surface area contributed by atoms with Crippen molar-refractivity contribution in [2.75, 3.05) is 26.7 Å². The Morgan fingerprint density at radius 1 is 1.34 bits per heavy atom. The van der Waals surface area contributed by atoms with Gasteiger partial charge in [0.25, 0.3) is 5.88 Å². The number of hydrogen-bond donors (Lipinski definition) is 2. The van der Waals surface area contributed by atoms with Crippen LogP contribution in [0.25, 0.3) is 5.57 Å². The van der Waals surface area contributed by atoms with Crippen LogP contribution < -0.4 is 10.5 Å². The summed E-state index contributed by atoms with van der Waals surface area (Å²) in [7, 11) is 2.11. The van der Waals surface area contributed by atoms with Gasteiger partial charge in [0.1, 0.15) is 12.2 Å². The minimum absolute atomic E-state index is 0.297. The summed E-state index contributed by atoms with van der Waals surface area (Å²) >= 11 is 1.18. The molecular weight excluding hydrogens is 428 g/mol. The Labute approximate surface area is 193 Å². The fourth-order valence-electron chi connectivity index (χ4n) is 3.85. The summed E-state index contributed by atoms with van der Waals surface area (Å²) in [5, 5.41) is 0. The van der Waals surface area contributed by atoms with Crippen molar-refractivity contribution in [2.45, 2.75) is 64.6 Å². The predicted octanol–water partition coefficient (Wildman–Crippen LogP) is 2.20. The molecule has 3 atom stereocenters. The molecule has 2 aromatic rings. The molecule has 0 spiro atoms. The molecule has 0 bridgehead atoms. The number of H-pyrrole nitrogens is 1. The molecule has 0 radical (unpaired) electrons. The largest absolute Gasteiger partial charge is 0.475 e. The molecule has 0 fully saturated rings. The number of ether oxygens (including phenoxy) is 2. The molecule has 4 N–H and O–H groups in total. The number of hydrogen-bond acceptors (Lipinski definition) is 7. The summed E-state index contributed by atoms with van der Waals surface area (Å²) in [6.07, 6.45) is 11.2. The number of likely N-dealkylation sites (N-methyl/N-ethyl adjacent to an activating group) is 1. The summed E-state index contributed by atoms with van der Waals surface area (Å²) in [4.78, 5) is 19.6. The van der Waals surface area contributed by atoms with Crippen LogP contribution in [-0.2, 0) is 16.0 Å². The van der Waals surface area contributed by atoms with Crippen molar-refractivity contribution >= 4 is 23.3 Å². The highest BCUT2D eigenvalue weighted by Gasteiger charge is 2.38. The minimum atomic E-state index is -0.486. The van der Waals surface area contributed by atoms with Crippen LogP contribution in [0.2, 0.25) is 0 Å². The zero-order valence-electron chi connectivity index (χ0n) is 19.4. The van der Waals surface area contributed by atoms with Gasteiger partial charge in [0.15, 0.2) is 6.04 Å². The van der Waals surface area contributed by atoms with Crippen LogP contribution >= 0.6 is 11.7 Å². The van der Waals surface area contributed by atoms with Gasteiger partial charge in [-0.3, -0.25) is 4.48 Å². The first-order valence-electron chi connectivity index (χ1n) is 11.4. The second-order valence-corrected chi connectivity index (χ2v) is 9.25. The molecule has 1 aliphatic heterocycles. The van der Waals surface area contributed by atoms with Crippen LogP contribution in [0.4, 0.5) is 0 Å². The molecule has 10 heteroatoms. The molecule has 176 valence electrons. The van der Waals surface area contributed by atoms with E-state index < -0.39 is 6.04 Å². The van der Waals surface area contributed by atoms with Gasteiger partial charge in [-0.05, 0) is 6.42 Å². The van der Waals surface area contributed by atoms with Crippen molar-refractivity contribution in [1.82, 2.24) is 18.7 Å². The lowest BCUT2D eigenvalue weighted by Gasteiger charge is -2.41. The second kappa shape index (κ2) is 11.5. The Balaban J connectivity index is 1.57. The fraction of sp³-hybridized carbons (Fsp3) is 0.636. The van der Waals surface area contributed by atoms with Gasteiger partial charge in [-0.25, -0.2) is 9.78 Å². The molecule has 9 nitrogen and oxygen atoms in total. The first kappa shape index (κ1) is 24.3. The molecule has 3 heterocycles. The number of quaternary nitrogens is 2. The Bertz CT molecular complexity index is 884. The van der Waals surface area contributed by atoms with E-state index in [-0.39, 0.29) is 12.2 Å². The molecular formula is C22H36N6O3S+2. The van der Waals surface area contributed by atoms with Crippen molar-refractivity contribution in [3.05, 3.63) is 30.0 Å². The number of rotatable bonds is 12. The number of aromatic nitrogens is 4. The summed E-state index contributed by atoms with van der Waals surface area (Å²) in [5.74, 6) is 0.321. The van der Waals surface area contributed by atoms with Crippen molar-refractivity contribution in [1.29, 1.82) is 0 Å². The number of carbonyl (C=O) groups excluding carboxylic acids is 1.